The molecule has 0 aliphatic carbocycles. The number of carbonyl (C=O) groups excluding carboxylic acids is 1. The molecule has 0 heterocycles. The molecule has 0 amide bonds. The number of aldehydes is 1. The molecule has 0 fully saturated rings. The Kier molecular flexibility index (Phi) is 2.89. The third-order valence-corrected chi connectivity index (χ3v) is 2.04. The van der Waals surface area contributed by atoms with Gasteiger partial charge in [0.05, 0.1) is 11.1 Å². The standard InChI is InChI=1S/C9H5NO3S/c10-3-6-5(4-11)1-2-7(14)8(6)9(12)13/h1-2,4,14H,(H,12,13). The van der Waals surface area contributed by atoms with Crippen molar-refractivity contribution in [3.05, 3.63) is 28.8 Å². The van der Waals surface area contributed by atoms with Crippen LogP contribution in [0.15, 0.2) is 17.0 Å². The first-order valence-electron chi connectivity index (χ1n) is 3.56. The lowest BCUT2D eigenvalue weighted by atomic mass is 10.0. The van der Waals surface area contributed by atoms with E-state index < -0.39 is 5.97 Å². The van der Waals surface area contributed by atoms with Gasteiger partial charge in [-0.3, -0.25) is 4.79 Å². The van der Waals surface area contributed by atoms with Crippen molar-refractivity contribution in [3.8, 4) is 6.07 Å². The molecular formula is C9H5NO3S. The van der Waals surface area contributed by atoms with Crippen LogP contribution in [0.4, 0.5) is 0 Å². The van der Waals surface area contributed by atoms with Crippen LogP contribution in [0.1, 0.15) is 26.3 Å². The monoisotopic (exact) mass is 207 g/mol. The smallest absolute Gasteiger partial charge is 0.338 e. The maximum Gasteiger partial charge on any atom is 0.338 e. The van der Waals surface area contributed by atoms with Crippen LogP contribution in [0.25, 0.3) is 0 Å². The van der Waals surface area contributed by atoms with E-state index in [9.17, 15) is 9.59 Å². The van der Waals surface area contributed by atoms with Crippen LogP contribution in [-0.2, 0) is 0 Å². The van der Waals surface area contributed by atoms with E-state index in [4.69, 9.17) is 10.4 Å². The Labute approximate surface area is 85.2 Å². The van der Waals surface area contributed by atoms with Crippen molar-refractivity contribution in [1.29, 1.82) is 5.26 Å². The maximum absolute atomic E-state index is 10.8. The van der Waals surface area contributed by atoms with E-state index in [1.165, 1.54) is 12.1 Å². The molecule has 0 aliphatic heterocycles. The maximum atomic E-state index is 10.8. The summed E-state index contributed by atoms with van der Waals surface area (Å²) in [5, 5.41) is 17.5. The molecule has 0 saturated heterocycles. The van der Waals surface area contributed by atoms with Crippen molar-refractivity contribution in [1.82, 2.24) is 0 Å². The van der Waals surface area contributed by atoms with Gasteiger partial charge in [0.1, 0.15) is 6.07 Å². The number of aromatic carboxylic acids is 1. The quantitative estimate of drug-likeness (QED) is 0.567. The normalized spacial score (nSPS) is 9.14. The van der Waals surface area contributed by atoms with Crippen LogP contribution in [0.3, 0.4) is 0 Å². The molecule has 0 aromatic heterocycles. The van der Waals surface area contributed by atoms with Gasteiger partial charge >= 0.3 is 5.97 Å². The molecule has 0 spiro atoms. The molecule has 70 valence electrons. The number of hydrogen-bond donors (Lipinski definition) is 2. The molecule has 0 radical (unpaired) electrons. The first-order valence-corrected chi connectivity index (χ1v) is 4.01. The topological polar surface area (TPSA) is 78.2 Å². The van der Waals surface area contributed by atoms with Crippen molar-refractivity contribution in [2.24, 2.45) is 0 Å². The second kappa shape index (κ2) is 3.94. The Morgan fingerprint density at radius 1 is 1.57 bits per heavy atom. The zero-order valence-electron chi connectivity index (χ0n) is 6.89. The fourth-order valence-electron chi connectivity index (χ4n) is 1.04. The van der Waals surface area contributed by atoms with E-state index in [1.807, 2.05) is 0 Å². The summed E-state index contributed by atoms with van der Waals surface area (Å²) in [5.74, 6) is -1.27. The van der Waals surface area contributed by atoms with Gasteiger partial charge in [-0.2, -0.15) is 5.26 Å². The van der Waals surface area contributed by atoms with Crippen molar-refractivity contribution >= 4 is 24.9 Å². The van der Waals surface area contributed by atoms with E-state index in [1.54, 1.807) is 6.07 Å². The highest BCUT2D eigenvalue weighted by Crippen LogP contribution is 2.20. The van der Waals surface area contributed by atoms with Crippen LogP contribution in [0.5, 0.6) is 0 Å². The van der Waals surface area contributed by atoms with Crippen LogP contribution < -0.4 is 0 Å². The summed E-state index contributed by atoms with van der Waals surface area (Å²) < 4.78 is 0. The number of carboxylic acids is 1. The number of hydrogen-bond acceptors (Lipinski definition) is 4. The third-order valence-electron chi connectivity index (χ3n) is 1.67. The average molecular weight is 207 g/mol. The summed E-state index contributed by atoms with van der Waals surface area (Å²) in [6.45, 7) is 0. The molecule has 0 aliphatic rings. The highest BCUT2D eigenvalue weighted by atomic mass is 32.1. The molecule has 0 unspecified atom stereocenters. The zero-order chi connectivity index (χ0) is 10.7. The van der Waals surface area contributed by atoms with Gasteiger partial charge < -0.3 is 5.11 Å². The lowest BCUT2D eigenvalue weighted by Gasteiger charge is -2.03. The molecular weight excluding hydrogens is 202 g/mol. The van der Waals surface area contributed by atoms with Crippen molar-refractivity contribution in [2.45, 2.75) is 4.90 Å². The number of thiol groups is 1. The predicted octanol–water partition coefficient (Wildman–Crippen LogP) is 1.36. The van der Waals surface area contributed by atoms with Gasteiger partial charge in [-0.05, 0) is 12.1 Å². The second-order valence-corrected chi connectivity index (χ2v) is 2.94. The SMILES string of the molecule is N#Cc1c(C=O)ccc(S)c1C(=O)O. The van der Waals surface area contributed by atoms with Gasteiger partial charge in [-0.1, -0.05) is 0 Å². The first kappa shape index (κ1) is 10.3. The summed E-state index contributed by atoms with van der Waals surface area (Å²) in [6, 6.07) is 4.41. The first-order chi connectivity index (χ1) is 6.61. The highest BCUT2D eigenvalue weighted by Gasteiger charge is 2.16. The molecule has 1 aromatic rings. The third kappa shape index (κ3) is 1.60. The Morgan fingerprint density at radius 2 is 2.21 bits per heavy atom. The molecule has 1 rings (SSSR count). The summed E-state index contributed by atoms with van der Waals surface area (Å²) in [7, 11) is 0. The molecule has 0 atom stereocenters. The van der Waals surface area contributed by atoms with Gasteiger partial charge in [-0.25, -0.2) is 4.79 Å². The lowest BCUT2D eigenvalue weighted by Crippen LogP contribution is -2.04. The minimum atomic E-state index is -1.27. The predicted molar refractivity (Wildman–Crippen MR) is 50.8 cm³/mol. The fourth-order valence-corrected chi connectivity index (χ4v) is 1.32. The van der Waals surface area contributed by atoms with E-state index >= 15 is 0 Å². The van der Waals surface area contributed by atoms with Crippen molar-refractivity contribution in [3.63, 3.8) is 0 Å². The average Bonchev–Trinajstić information content (AvgIpc) is 2.16. The van der Waals surface area contributed by atoms with Crippen LogP contribution in [-0.4, -0.2) is 17.4 Å². The zero-order valence-corrected chi connectivity index (χ0v) is 7.78. The molecule has 5 heteroatoms. The van der Waals surface area contributed by atoms with Gasteiger partial charge in [0.15, 0.2) is 6.29 Å². The molecule has 0 bridgehead atoms. The Morgan fingerprint density at radius 3 is 2.64 bits per heavy atom. The Hall–Kier alpha value is -1.80. The Bertz CT molecular complexity index is 448. The second-order valence-electron chi connectivity index (χ2n) is 2.46. The summed E-state index contributed by atoms with van der Waals surface area (Å²) in [6.07, 6.45) is 0.443. The number of nitriles is 1. The summed E-state index contributed by atoms with van der Waals surface area (Å²) in [4.78, 5) is 21.4. The highest BCUT2D eigenvalue weighted by molar-refractivity contribution is 7.80. The minimum Gasteiger partial charge on any atom is -0.478 e. The fraction of sp³-hybridized carbons (Fsp3) is 0. The molecule has 1 aromatic carbocycles. The molecule has 14 heavy (non-hydrogen) atoms. The summed E-state index contributed by atoms with van der Waals surface area (Å²) >= 11 is 3.90. The van der Waals surface area contributed by atoms with E-state index in [0.29, 0.717) is 6.29 Å². The lowest BCUT2D eigenvalue weighted by molar-refractivity contribution is 0.0693. The van der Waals surface area contributed by atoms with E-state index in [-0.39, 0.29) is 21.6 Å². The van der Waals surface area contributed by atoms with Crippen LogP contribution in [0.2, 0.25) is 0 Å². The van der Waals surface area contributed by atoms with Gasteiger partial charge in [-0.15, -0.1) is 12.6 Å². The number of benzene rings is 1. The van der Waals surface area contributed by atoms with Crippen molar-refractivity contribution < 1.29 is 14.7 Å². The van der Waals surface area contributed by atoms with Crippen LogP contribution in [0, 0.1) is 11.3 Å². The summed E-state index contributed by atoms with van der Waals surface area (Å²) in [5.41, 5.74) is -0.330. The molecule has 1 N–H and O–H groups in total. The number of carbonyl (C=O) groups is 2. The van der Waals surface area contributed by atoms with E-state index in [2.05, 4.69) is 12.6 Å². The number of carboxylic acid groups (broad SMARTS) is 1. The van der Waals surface area contributed by atoms with Gasteiger partial charge in [0, 0.05) is 10.5 Å². The van der Waals surface area contributed by atoms with Gasteiger partial charge in [0.2, 0.25) is 0 Å². The number of nitrogens with zero attached hydrogens (tertiary/aromatic N) is 1. The molecule has 4 nitrogen and oxygen atoms in total. The number of rotatable bonds is 2. The van der Waals surface area contributed by atoms with Gasteiger partial charge in [0.25, 0.3) is 0 Å². The van der Waals surface area contributed by atoms with E-state index in [0.717, 1.165) is 0 Å². The largest absolute Gasteiger partial charge is 0.478 e. The minimum absolute atomic E-state index is 0.0581. The van der Waals surface area contributed by atoms with Crippen LogP contribution >= 0.6 is 12.6 Å². The van der Waals surface area contributed by atoms with Crippen molar-refractivity contribution in [2.75, 3.05) is 0 Å². The molecule has 0 saturated carbocycles. The Balaban J connectivity index is 3.61.